The molecule has 1 aromatic heterocycles. The van der Waals surface area contributed by atoms with E-state index in [1.165, 1.54) is 24.2 Å². The predicted octanol–water partition coefficient (Wildman–Crippen LogP) is 3.53. The van der Waals surface area contributed by atoms with E-state index in [2.05, 4.69) is 5.32 Å². The number of carbonyl (C=O) groups is 1. The van der Waals surface area contributed by atoms with Gasteiger partial charge in [-0.1, -0.05) is 13.8 Å². The summed E-state index contributed by atoms with van der Waals surface area (Å²) in [6.07, 6.45) is 2.39. The predicted molar refractivity (Wildman–Crippen MR) is 80.3 cm³/mol. The molecule has 106 valence electrons. The molecular formula is C14H22N2O2S. The van der Waals surface area contributed by atoms with Gasteiger partial charge in [-0.05, 0) is 26.7 Å². The highest BCUT2D eigenvalue weighted by Crippen LogP contribution is 2.45. The van der Waals surface area contributed by atoms with Gasteiger partial charge in [0.15, 0.2) is 11.5 Å². The fraction of sp³-hybridized carbons (Fsp3) is 0.643. The van der Waals surface area contributed by atoms with Crippen LogP contribution in [-0.4, -0.2) is 17.9 Å². The Bertz CT molecular complexity index is 476. The molecule has 3 N–H and O–H groups in total. The minimum atomic E-state index is -0.0541. The fourth-order valence-corrected chi connectivity index (χ4v) is 2.95. The number of anilines is 2. The maximum absolute atomic E-state index is 12.2. The Morgan fingerprint density at radius 2 is 2.00 bits per heavy atom. The van der Waals surface area contributed by atoms with Gasteiger partial charge in [-0.2, -0.15) is 0 Å². The lowest BCUT2D eigenvalue weighted by Crippen LogP contribution is -2.10. The first-order chi connectivity index (χ1) is 8.90. The maximum atomic E-state index is 12.2. The van der Waals surface area contributed by atoms with Gasteiger partial charge in [0.2, 0.25) is 0 Å². The van der Waals surface area contributed by atoms with Crippen LogP contribution in [0.1, 0.15) is 50.2 Å². The summed E-state index contributed by atoms with van der Waals surface area (Å²) in [4.78, 5) is 12.8. The third-order valence-corrected chi connectivity index (χ3v) is 4.05. The molecule has 1 aromatic rings. The Morgan fingerprint density at radius 3 is 2.47 bits per heavy atom. The van der Waals surface area contributed by atoms with Gasteiger partial charge in [0.1, 0.15) is 5.00 Å². The SMILES string of the molecule is CC(C)Oc1c(NC2CC2)sc(C(=O)C(C)C)c1N. The summed E-state index contributed by atoms with van der Waals surface area (Å²) in [5.74, 6) is 0.678. The highest BCUT2D eigenvalue weighted by Gasteiger charge is 2.28. The van der Waals surface area contributed by atoms with Crippen molar-refractivity contribution in [3.05, 3.63) is 4.88 Å². The first-order valence-electron chi connectivity index (χ1n) is 6.79. The molecule has 0 unspecified atom stereocenters. The zero-order valence-electron chi connectivity index (χ0n) is 11.9. The van der Waals surface area contributed by atoms with Crippen LogP contribution >= 0.6 is 11.3 Å². The summed E-state index contributed by atoms with van der Waals surface area (Å²) in [6.45, 7) is 7.70. The van der Waals surface area contributed by atoms with Crippen LogP contribution < -0.4 is 15.8 Å². The third-order valence-electron chi connectivity index (χ3n) is 2.91. The van der Waals surface area contributed by atoms with E-state index < -0.39 is 0 Å². The number of nitrogens with one attached hydrogen (secondary N) is 1. The number of Topliss-reactive ketones (excluding diaryl/α,β-unsaturated/α-hetero) is 1. The van der Waals surface area contributed by atoms with Gasteiger partial charge < -0.3 is 15.8 Å². The molecule has 0 saturated heterocycles. The minimum Gasteiger partial charge on any atom is -0.486 e. The van der Waals surface area contributed by atoms with E-state index in [9.17, 15) is 4.79 Å². The van der Waals surface area contributed by atoms with Crippen LogP contribution in [-0.2, 0) is 0 Å². The van der Waals surface area contributed by atoms with Gasteiger partial charge in [-0.25, -0.2) is 0 Å². The molecular weight excluding hydrogens is 260 g/mol. The van der Waals surface area contributed by atoms with Crippen molar-refractivity contribution >= 4 is 27.8 Å². The summed E-state index contributed by atoms with van der Waals surface area (Å²) in [5, 5.41) is 4.31. The number of nitrogens with two attached hydrogens (primary N) is 1. The standard InChI is InChI=1S/C14H22N2O2S/c1-7(2)11(17)13-10(15)12(18-8(3)4)14(19-13)16-9-5-6-9/h7-9,16H,5-6,15H2,1-4H3. The monoisotopic (exact) mass is 282 g/mol. The topological polar surface area (TPSA) is 64.3 Å². The number of carbonyl (C=O) groups excluding carboxylic acids is 1. The summed E-state index contributed by atoms with van der Waals surface area (Å²) < 4.78 is 5.79. The number of thiophene rings is 1. The highest BCUT2D eigenvalue weighted by molar-refractivity contribution is 7.19. The Hall–Kier alpha value is -1.23. The van der Waals surface area contributed by atoms with Gasteiger partial charge in [0.05, 0.1) is 16.7 Å². The lowest BCUT2D eigenvalue weighted by molar-refractivity contribution is 0.0944. The molecule has 5 heteroatoms. The van der Waals surface area contributed by atoms with E-state index >= 15 is 0 Å². The molecule has 19 heavy (non-hydrogen) atoms. The van der Waals surface area contributed by atoms with E-state index in [-0.39, 0.29) is 17.8 Å². The van der Waals surface area contributed by atoms with Crippen molar-refractivity contribution < 1.29 is 9.53 Å². The molecule has 1 heterocycles. The Labute approximate surface area is 118 Å². The molecule has 0 aliphatic heterocycles. The van der Waals surface area contributed by atoms with Gasteiger partial charge in [-0.3, -0.25) is 4.79 Å². The van der Waals surface area contributed by atoms with E-state index in [1.807, 2.05) is 27.7 Å². The number of hydrogen-bond donors (Lipinski definition) is 2. The van der Waals surface area contributed by atoms with E-state index in [0.29, 0.717) is 22.4 Å². The number of nitrogen functional groups attached to an aromatic ring is 1. The molecule has 4 nitrogen and oxygen atoms in total. The number of rotatable bonds is 6. The first kappa shape index (κ1) is 14.2. The minimum absolute atomic E-state index is 0.0404. The Balaban J connectivity index is 2.33. The molecule has 1 saturated carbocycles. The van der Waals surface area contributed by atoms with Crippen molar-refractivity contribution in [2.24, 2.45) is 5.92 Å². The second-order valence-corrected chi connectivity index (χ2v) is 6.63. The fourth-order valence-electron chi connectivity index (χ4n) is 1.73. The van der Waals surface area contributed by atoms with Crippen LogP contribution in [0.5, 0.6) is 5.75 Å². The maximum Gasteiger partial charge on any atom is 0.177 e. The number of hydrogen-bond acceptors (Lipinski definition) is 5. The smallest absolute Gasteiger partial charge is 0.177 e. The first-order valence-corrected chi connectivity index (χ1v) is 7.61. The van der Waals surface area contributed by atoms with Crippen molar-refractivity contribution in [2.75, 3.05) is 11.1 Å². The molecule has 0 aromatic carbocycles. The van der Waals surface area contributed by atoms with Crippen molar-refractivity contribution in [3.63, 3.8) is 0 Å². The van der Waals surface area contributed by atoms with Crippen LogP contribution in [0.4, 0.5) is 10.7 Å². The number of ether oxygens (including phenoxy) is 1. The van der Waals surface area contributed by atoms with Crippen molar-refractivity contribution in [3.8, 4) is 5.75 Å². The molecule has 2 rings (SSSR count). The molecule has 0 atom stereocenters. The molecule has 0 amide bonds. The third kappa shape index (κ3) is 3.21. The lowest BCUT2D eigenvalue weighted by Gasteiger charge is -2.12. The lowest BCUT2D eigenvalue weighted by atomic mass is 10.1. The Kier molecular flexibility index (Phi) is 4.04. The largest absolute Gasteiger partial charge is 0.486 e. The highest BCUT2D eigenvalue weighted by atomic mass is 32.1. The van der Waals surface area contributed by atoms with Crippen LogP contribution in [0, 0.1) is 5.92 Å². The Morgan fingerprint density at radius 1 is 1.37 bits per heavy atom. The van der Waals surface area contributed by atoms with Crippen molar-refractivity contribution in [1.29, 1.82) is 0 Å². The van der Waals surface area contributed by atoms with Gasteiger partial charge in [0.25, 0.3) is 0 Å². The number of ketones is 1. The van der Waals surface area contributed by atoms with Crippen molar-refractivity contribution in [1.82, 2.24) is 0 Å². The average molecular weight is 282 g/mol. The second kappa shape index (κ2) is 5.41. The quantitative estimate of drug-likeness (QED) is 0.783. The van der Waals surface area contributed by atoms with Crippen LogP contribution in [0.3, 0.4) is 0 Å². The van der Waals surface area contributed by atoms with Crippen LogP contribution in [0.15, 0.2) is 0 Å². The van der Waals surface area contributed by atoms with E-state index in [4.69, 9.17) is 10.5 Å². The zero-order valence-corrected chi connectivity index (χ0v) is 12.8. The van der Waals surface area contributed by atoms with Gasteiger partial charge >= 0.3 is 0 Å². The zero-order chi connectivity index (χ0) is 14.2. The van der Waals surface area contributed by atoms with Crippen molar-refractivity contribution in [2.45, 2.75) is 52.7 Å². The summed E-state index contributed by atoms with van der Waals surface area (Å²) in [6, 6.07) is 0.509. The van der Waals surface area contributed by atoms with E-state index in [0.717, 1.165) is 5.00 Å². The molecule has 0 bridgehead atoms. The van der Waals surface area contributed by atoms with Gasteiger partial charge in [0, 0.05) is 12.0 Å². The van der Waals surface area contributed by atoms with Gasteiger partial charge in [-0.15, -0.1) is 11.3 Å². The molecule has 0 spiro atoms. The van der Waals surface area contributed by atoms with Crippen LogP contribution in [0.2, 0.25) is 0 Å². The molecule has 0 radical (unpaired) electrons. The summed E-state index contributed by atoms with van der Waals surface area (Å²) in [5.41, 5.74) is 6.60. The summed E-state index contributed by atoms with van der Waals surface area (Å²) in [7, 11) is 0. The van der Waals surface area contributed by atoms with E-state index in [1.54, 1.807) is 0 Å². The molecule has 1 fully saturated rings. The van der Waals surface area contributed by atoms with Crippen LogP contribution in [0.25, 0.3) is 0 Å². The molecule has 1 aliphatic carbocycles. The normalized spacial score (nSPS) is 15.1. The average Bonchev–Trinajstić information content (AvgIpc) is 3.08. The second-order valence-electron chi connectivity index (χ2n) is 5.61. The summed E-state index contributed by atoms with van der Waals surface area (Å²) >= 11 is 1.42. The molecule has 1 aliphatic rings.